The zero-order chi connectivity index (χ0) is 30.2. The van der Waals surface area contributed by atoms with E-state index in [1.165, 1.54) is 0 Å². The zero-order valence-electron chi connectivity index (χ0n) is 25.2. The number of Topliss-reactive ketones (excluding diaryl/α,β-unsaturated/α-hetero) is 1. The van der Waals surface area contributed by atoms with Gasteiger partial charge in [-0.1, -0.05) is 100.0 Å². The molecule has 0 heterocycles. The summed E-state index contributed by atoms with van der Waals surface area (Å²) in [7, 11) is 0. The monoisotopic (exact) mass is 571 g/mol. The van der Waals surface area contributed by atoms with Crippen LogP contribution in [0.5, 0.6) is 5.75 Å². The van der Waals surface area contributed by atoms with E-state index in [9.17, 15) is 14.4 Å². The molecule has 0 aliphatic heterocycles. The highest BCUT2D eigenvalue weighted by Crippen LogP contribution is 2.25. The Bertz CT molecular complexity index is 1210. The van der Waals surface area contributed by atoms with Crippen LogP contribution in [0.1, 0.15) is 63.1 Å². The normalized spacial score (nSPS) is 13.9. The van der Waals surface area contributed by atoms with Gasteiger partial charge in [-0.15, -0.1) is 0 Å². The molecule has 0 saturated heterocycles. The molecule has 3 unspecified atom stereocenters. The number of rotatable bonds is 19. The predicted molar refractivity (Wildman–Crippen MR) is 166 cm³/mol. The van der Waals surface area contributed by atoms with Gasteiger partial charge in [0.15, 0.2) is 0 Å². The third-order valence-corrected chi connectivity index (χ3v) is 7.87. The summed E-state index contributed by atoms with van der Waals surface area (Å²) in [4.78, 5) is 37.0. The van der Waals surface area contributed by atoms with Crippen LogP contribution >= 0.6 is 0 Å². The molecule has 42 heavy (non-hydrogen) atoms. The summed E-state index contributed by atoms with van der Waals surface area (Å²) >= 11 is 0. The van der Waals surface area contributed by atoms with Crippen LogP contribution in [0.4, 0.5) is 0 Å². The first-order valence-electron chi connectivity index (χ1n) is 15.1. The van der Waals surface area contributed by atoms with Gasteiger partial charge in [-0.3, -0.25) is 9.59 Å². The molecule has 0 bridgehead atoms. The van der Waals surface area contributed by atoms with E-state index in [4.69, 9.17) is 9.47 Å². The Kier molecular flexibility index (Phi) is 14.0. The van der Waals surface area contributed by atoms with E-state index < -0.39 is 6.04 Å². The Morgan fingerprint density at radius 1 is 0.810 bits per heavy atom. The average Bonchev–Trinajstić information content (AvgIpc) is 3.03. The summed E-state index contributed by atoms with van der Waals surface area (Å²) in [5.41, 5.74) is 3.17. The molecular formula is C36H45NO5. The molecule has 224 valence electrons. The summed E-state index contributed by atoms with van der Waals surface area (Å²) in [6.45, 7) is 7.49. The summed E-state index contributed by atoms with van der Waals surface area (Å²) < 4.78 is 11.2. The van der Waals surface area contributed by atoms with Crippen molar-refractivity contribution < 1.29 is 23.9 Å². The van der Waals surface area contributed by atoms with Crippen molar-refractivity contribution in [2.24, 2.45) is 17.8 Å². The van der Waals surface area contributed by atoms with Gasteiger partial charge in [0.1, 0.15) is 31.0 Å². The Balaban J connectivity index is 1.38. The summed E-state index contributed by atoms with van der Waals surface area (Å²) in [6, 6.07) is 27.2. The zero-order valence-corrected chi connectivity index (χ0v) is 25.2. The second kappa shape index (κ2) is 17.9. The van der Waals surface area contributed by atoms with Crippen LogP contribution in [0.15, 0.2) is 84.9 Å². The number of hydrogen-bond acceptors (Lipinski definition) is 6. The van der Waals surface area contributed by atoms with Gasteiger partial charge in [0, 0.05) is 18.3 Å². The van der Waals surface area contributed by atoms with E-state index >= 15 is 0 Å². The molecule has 0 spiro atoms. The maximum Gasteiger partial charge on any atom is 0.306 e. The van der Waals surface area contributed by atoms with Crippen molar-refractivity contribution in [3.05, 3.63) is 102 Å². The number of carbonyl (C=O) groups excluding carboxylic acids is 3. The highest BCUT2D eigenvalue weighted by atomic mass is 16.5. The topological polar surface area (TPSA) is 81.7 Å². The van der Waals surface area contributed by atoms with Gasteiger partial charge in [-0.05, 0) is 60.5 Å². The fraction of sp³-hybridized carbons (Fsp3) is 0.417. The van der Waals surface area contributed by atoms with Crippen LogP contribution in [-0.2, 0) is 38.8 Å². The first kappa shape index (κ1) is 32.7. The fourth-order valence-corrected chi connectivity index (χ4v) is 5.16. The van der Waals surface area contributed by atoms with Crippen LogP contribution in [0.3, 0.4) is 0 Å². The molecular weight excluding hydrogens is 526 g/mol. The number of benzene rings is 3. The standard InChI is InChI=1S/C36H45NO5/c1-4-32(21-22-37-33(24-38)17-20-35(39)42-26-31-13-9-6-10-14-31)28(3)36(40)27(2)23-29-15-18-34(19-16-29)41-25-30-11-7-5-8-12-30/h5-16,18-19,24,27-28,32-33,37H,4,17,20-23,25-26H2,1-3H3/t27?,28?,32?,33-/m0/s1. The number of ketones is 1. The second-order valence-electron chi connectivity index (χ2n) is 11.1. The molecule has 0 aliphatic rings. The van der Waals surface area contributed by atoms with Gasteiger partial charge < -0.3 is 19.6 Å². The maximum atomic E-state index is 13.3. The Morgan fingerprint density at radius 3 is 2.02 bits per heavy atom. The lowest BCUT2D eigenvalue weighted by Crippen LogP contribution is -2.34. The lowest BCUT2D eigenvalue weighted by atomic mass is 9.80. The average molecular weight is 572 g/mol. The molecule has 1 N–H and O–H groups in total. The fourth-order valence-electron chi connectivity index (χ4n) is 5.16. The minimum Gasteiger partial charge on any atom is -0.489 e. The molecule has 0 aromatic heterocycles. The number of hydrogen-bond donors (Lipinski definition) is 1. The SMILES string of the molecule is CCC(CCN[C@H](C=O)CCC(=O)OCc1ccccc1)C(C)C(=O)C(C)Cc1ccc(OCc2ccccc2)cc1. The summed E-state index contributed by atoms with van der Waals surface area (Å²) in [5.74, 6) is 0.794. The van der Waals surface area contributed by atoms with Crippen LogP contribution in [0.25, 0.3) is 0 Å². The molecule has 0 fully saturated rings. The van der Waals surface area contributed by atoms with Gasteiger partial charge >= 0.3 is 5.97 Å². The maximum absolute atomic E-state index is 13.3. The molecule has 3 rings (SSSR count). The summed E-state index contributed by atoms with van der Waals surface area (Å²) in [6.07, 6.45) is 3.76. The van der Waals surface area contributed by atoms with Crippen LogP contribution in [0.2, 0.25) is 0 Å². The van der Waals surface area contributed by atoms with Gasteiger partial charge in [0.05, 0.1) is 6.04 Å². The van der Waals surface area contributed by atoms with E-state index in [1.807, 2.05) is 98.8 Å². The highest BCUT2D eigenvalue weighted by Gasteiger charge is 2.26. The van der Waals surface area contributed by atoms with E-state index in [2.05, 4.69) is 12.2 Å². The van der Waals surface area contributed by atoms with Crippen LogP contribution in [-0.4, -0.2) is 30.6 Å². The lowest BCUT2D eigenvalue weighted by Gasteiger charge is -2.25. The third kappa shape index (κ3) is 11.2. The molecule has 3 aromatic carbocycles. The Labute approximate surface area is 250 Å². The van der Waals surface area contributed by atoms with Crippen LogP contribution in [0, 0.1) is 17.8 Å². The van der Waals surface area contributed by atoms with Gasteiger partial charge in [-0.25, -0.2) is 0 Å². The smallest absolute Gasteiger partial charge is 0.306 e. The molecule has 0 saturated carbocycles. The quantitative estimate of drug-likeness (QED) is 0.127. The predicted octanol–water partition coefficient (Wildman–Crippen LogP) is 6.75. The first-order valence-corrected chi connectivity index (χ1v) is 15.1. The van der Waals surface area contributed by atoms with Crippen molar-refractivity contribution in [1.82, 2.24) is 5.32 Å². The van der Waals surface area contributed by atoms with E-state index in [-0.39, 0.29) is 42.5 Å². The lowest BCUT2D eigenvalue weighted by molar-refractivity contribution is -0.145. The number of aldehydes is 1. The largest absolute Gasteiger partial charge is 0.489 e. The molecule has 0 radical (unpaired) electrons. The Morgan fingerprint density at radius 2 is 1.43 bits per heavy atom. The molecule has 0 amide bonds. The number of nitrogens with one attached hydrogen (secondary N) is 1. The molecule has 3 aromatic rings. The van der Waals surface area contributed by atoms with Crippen LogP contribution < -0.4 is 10.1 Å². The molecule has 6 heteroatoms. The molecule has 4 atom stereocenters. The number of ether oxygens (including phenoxy) is 2. The first-order chi connectivity index (χ1) is 20.4. The van der Waals surface area contributed by atoms with E-state index in [0.29, 0.717) is 26.0 Å². The molecule has 6 nitrogen and oxygen atoms in total. The van der Waals surface area contributed by atoms with Crippen molar-refractivity contribution >= 4 is 18.0 Å². The minimum atomic E-state index is -0.420. The van der Waals surface area contributed by atoms with Gasteiger partial charge in [-0.2, -0.15) is 0 Å². The highest BCUT2D eigenvalue weighted by molar-refractivity contribution is 5.83. The second-order valence-corrected chi connectivity index (χ2v) is 11.1. The summed E-state index contributed by atoms with van der Waals surface area (Å²) in [5, 5.41) is 3.25. The van der Waals surface area contributed by atoms with E-state index in [0.717, 1.165) is 41.6 Å². The Hall–Kier alpha value is -3.77. The van der Waals surface area contributed by atoms with Gasteiger partial charge in [0.2, 0.25) is 0 Å². The van der Waals surface area contributed by atoms with Gasteiger partial charge in [0.25, 0.3) is 0 Å². The van der Waals surface area contributed by atoms with Crippen molar-refractivity contribution in [2.45, 2.75) is 72.1 Å². The van der Waals surface area contributed by atoms with Crippen molar-refractivity contribution in [3.63, 3.8) is 0 Å². The van der Waals surface area contributed by atoms with E-state index in [1.54, 1.807) is 0 Å². The number of esters is 1. The molecule has 0 aliphatic carbocycles. The third-order valence-electron chi connectivity index (χ3n) is 7.87. The van der Waals surface area contributed by atoms with Crippen molar-refractivity contribution in [3.8, 4) is 5.75 Å². The number of carbonyl (C=O) groups is 3. The minimum absolute atomic E-state index is 0.0806. The van der Waals surface area contributed by atoms with Crippen molar-refractivity contribution in [1.29, 1.82) is 0 Å². The van der Waals surface area contributed by atoms with Crippen molar-refractivity contribution in [2.75, 3.05) is 6.54 Å².